The number of hydrogen-bond donors (Lipinski definition) is 3. The van der Waals surface area contributed by atoms with E-state index in [4.69, 9.17) is 10.2 Å². The molecule has 3 N–H and O–H groups in total. The first-order valence-corrected chi connectivity index (χ1v) is 7.17. The Labute approximate surface area is 112 Å². The zero-order chi connectivity index (χ0) is 13.4. The Kier molecular flexibility index (Phi) is 6.93. The molecule has 0 aliphatic rings. The van der Waals surface area contributed by atoms with Gasteiger partial charge < -0.3 is 15.5 Å². The number of carbonyl (C=O) groups is 1. The van der Waals surface area contributed by atoms with Gasteiger partial charge in [-0.2, -0.15) is 0 Å². The summed E-state index contributed by atoms with van der Waals surface area (Å²) >= 11 is 1.46. The van der Waals surface area contributed by atoms with Gasteiger partial charge in [0.15, 0.2) is 0 Å². The summed E-state index contributed by atoms with van der Waals surface area (Å²) in [6, 6.07) is 1.71. The highest BCUT2D eigenvalue weighted by molar-refractivity contribution is 7.10. The topological polar surface area (TPSA) is 69.6 Å². The van der Waals surface area contributed by atoms with Gasteiger partial charge in [-0.05, 0) is 31.4 Å². The number of aliphatic hydroxyl groups excluding tert-OH is 1. The van der Waals surface area contributed by atoms with E-state index in [1.165, 1.54) is 11.3 Å². The minimum atomic E-state index is -0.873. The van der Waals surface area contributed by atoms with Crippen LogP contribution >= 0.6 is 11.3 Å². The molecule has 102 valence electrons. The SMILES string of the molecule is CCCC(CCO)CNCc1cc(C(=O)O)cs1. The average molecular weight is 271 g/mol. The molecule has 0 bridgehead atoms. The summed E-state index contributed by atoms with van der Waals surface area (Å²) in [6.45, 7) is 3.94. The van der Waals surface area contributed by atoms with Crippen molar-refractivity contribution in [2.45, 2.75) is 32.7 Å². The molecule has 1 aromatic rings. The second-order valence-electron chi connectivity index (χ2n) is 4.40. The quantitative estimate of drug-likeness (QED) is 0.645. The maximum atomic E-state index is 10.7. The van der Waals surface area contributed by atoms with Gasteiger partial charge in [0.25, 0.3) is 0 Å². The molecule has 0 saturated heterocycles. The van der Waals surface area contributed by atoms with E-state index in [2.05, 4.69) is 12.2 Å². The number of carboxylic acid groups (broad SMARTS) is 1. The minimum absolute atomic E-state index is 0.231. The zero-order valence-electron chi connectivity index (χ0n) is 10.7. The van der Waals surface area contributed by atoms with E-state index in [-0.39, 0.29) is 6.61 Å². The largest absolute Gasteiger partial charge is 0.478 e. The molecular weight excluding hydrogens is 250 g/mol. The van der Waals surface area contributed by atoms with Gasteiger partial charge in [0.1, 0.15) is 0 Å². The lowest BCUT2D eigenvalue weighted by Crippen LogP contribution is -2.23. The van der Waals surface area contributed by atoms with Crippen LogP contribution in [0.15, 0.2) is 11.4 Å². The molecule has 1 heterocycles. The van der Waals surface area contributed by atoms with Crippen LogP contribution in [0.5, 0.6) is 0 Å². The summed E-state index contributed by atoms with van der Waals surface area (Å²) in [6.07, 6.45) is 3.05. The molecule has 0 radical (unpaired) electrons. The summed E-state index contributed by atoms with van der Waals surface area (Å²) in [5.41, 5.74) is 0.359. The molecule has 0 aliphatic heterocycles. The van der Waals surface area contributed by atoms with E-state index >= 15 is 0 Å². The van der Waals surface area contributed by atoms with E-state index < -0.39 is 5.97 Å². The van der Waals surface area contributed by atoms with Crippen molar-refractivity contribution in [1.82, 2.24) is 5.32 Å². The number of aromatic carboxylic acids is 1. The molecule has 1 rings (SSSR count). The Morgan fingerprint density at radius 2 is 2.28 bits per heavy atom. The summed E-state index contributed by atoms with van der Waals surface area (Å²) in [7, 11) is 0. The zero-order valence-corrected chi connectivity index (χ0v) is 11.5. The van der Waals surface area contributed by atoms with Gasteiger partial charge in [0, 0.05) is 23.4 Å². The van der Waals surface area contributed by atoms with Crippen molar-refractivity contribution in [3.63, 3.8) is 0 Å². The van der Waals surface area contributed by atoms with Crippen molar-refractivity contribution in [2.75, 3.05) is 13.2 Å². The van der Waals surface area contributed by atoms with Gasteiger partial charge in [-0.15, -0.1) is 11.3 Å². The lowest BCUT2D eigenvalue weighted by atomic mass is 10.0. The summed E-state index contributed by atoms with van der Waals surface area (Å²) in [4.78, 5) is 11.8. The van der Waals surface area contributed by atoms with Crippen LogP contribution in [0.2, 0.25) is 0 Å². The highest BCUT2D eigenvalue weighted by Gasteiger charge is 2.08. The standard InChI is InChI=1S/C13H21NO3S/c1-2-3-10(4-5-15)7-14-8-12-6-11(9-18-12)13(16)17/h6,9-10,14-15H,2-5,7-8H2,1H3,(H,16,17). The fraction of sp³-hybridized carbons (Fsp3) is 0.615. The van der Waals surface area contributed by atoms with E-state index in [1.807, 2.05) is 0 Å². The fourth-order valence-corrected chi connectivity index (χ4v) is 2.75. The lowest BCUT2D eigenvalue weighted by molar-refractivity contribution is 0.0697. The summed E-state index contributed by atoms with van der Waals surface area (Å²) < 4.78 is 0. The predicted molar refractivity (Wildman–Crippen MR) is 73.1 cm³/mol. The number of rotatable bonds is 9. The van der Waals surface area contributed by atoms with Crippen LogP contribution in [0.1, 0.15) is 41.4 Å². The highest BCUT2D eigenvalue weighted by Crippen LogP contribution is 2.15. The summed E-state index contributed by atoms with van der Waals surface area (Å²) in [5, 5.41) is 22.8. The number of thiophene rings is 1. The molecule has 1 unspecified atom stereocenters. The van der Waals surface area contributed by atoms with Gasteiger partial charge in [-0.3, -0.25) is 0 Å². The lowest BCUT2D eigenvalue weighted by Gasteiger charge is -2.15. The van der Waals surface area contributed by atoms with Crippen LogP contribution in [0, 0.1) is 5.92 Å². The third-order valence-electron chi connectivity index (χ3n) is 2.87. The second-order valence-corrected chi connectivity index (χ2v) is 5.40. The second kappa shape index (κ2) is 8.24. The first-order valence-electron chi connectivity index (χ1n) is 6.29. The maximum Gasteiger partial charge on any atom is 0.336 e. The maximum absolute atomic E-state index is 10.7. The smallest absolute Gasteiger partial charge is 0.336 e. The van der Waals surface area contributed by atoms with Crippen LogP contribution in [-0.2, 0) is 6.54 Å². The van der Waals surface area contributed by atoms with Crippen LogP contribution in [0.25, 0.3) is 0 Å². The fourth-order valence-electron chi connectivity index (χ4n) is 1.92. The number of aliphatic hydroxyl groups is 1. The van der Waals surface area contributed by atoms with Crippen molar-refractivity contribution in [3.05, 3.63) is 21.9 Å². The molecule has 1 aromatic heterocycles. The Morgan fingerprint density at radius 1 is 1.50 bits per heavy atom. The molecule has 0 aromatic carbocycles. The van der Waals surface area contributed by atoms with E-state index in [1.54, 1.807) is 11.4 Å². The molecule has 5 heteroatoms. The Balaban J connectivity index is 2.32. The molecular formula is C13H21NO3S. The molecule has 1 atom stereocenters. The van der Waals surface area contributed by atoms with E-state index in [9.17, 15) is 4.79 Å². The molecule has 0 saturated carbocycles. The Hall–Kier alpha value is -0.910. The van der Waals surface area contributed by atoms with Gasteiger partial charge in [-0.1, -0.05) is 13.3 Å². The highest BCUT2D eigenvalue weighted by atomic mass is 32.1. The summed E-state index contributed by atoms with van der Waals surface area (Å²) in [5.74, 6) is -0.374. The van der Waals surface area contributed by atoms with Gasteiger partial charge in [-0.25, -0.2) is 4.79 Å². The monoisotopic (exact) mass is 271 g/mol. The number of carboxylic acids is 1. The van der Waals surface area contributed by atoms with Crippen molar-refractivity contribution < 1.29 is 15.0 Å². The van der Waals surface area contributed by atoms with Crippen molar-refractivity contribution >= 4 is 17.3 Å². The Bertz CT molecular complexity index is 359. The molecule has 0 amide bonds. The normalized spacial score (nSPS) is 12.6. The third kappa shape index (κ3) is 5.16. The van der Waals surface area contributed by atoms with Gasteiger partial charge in [0.05, 0.1) is 5.56 Å². The Morgan fingerprint density at radius 3 is 2.83 bits per heavy atom. The molecule has 4 nitrogen and oxygen atoms in total. The van der Waals surface area contributed by atoms with Crippen molar-refractivity contribution in [1.29, 1.82) is 0 Å². The predicted octanol–water partition coefficient (Wildman–Crippen LogP) is 2.33. The third-order valence-corrected chi connectivity index (χ3v) is 3.80. The first kappa shape index (κ1) is 15.1. The minimum Gasteiger partial charge on any atom is -0.478 e. The molecule has 0 spiro atoms. The van der Waals surface area contributed by atoms with Crippen molar-refractivity contribution in [2.24, 2.45) is 5.92 Å². The molecule has 0 aliphatic carbocycles. The van der Waals surface area contributed by atoms with Crippen LogP contribution in [-0.4, -0.2) is 29.3 Å². The van der Waals surface area contributed by atoms with E-state index in [0.29, 0.717) is 18.0 Å². The van der Waals surface area contributed by atoms with Crippen LogP contribution in [0.3, 0.4) is 0 Å². The van der Waals surface area contributed by atoms with Crippen LogP contribution < -0.4 is 5.32 Å². The van der Waals surface area contributed by atoms with Crippen LogP contribution in [0.4, 0.5) is 0 Å². The number of hydrogen-bond acceptors (Lipinski definition) is 4. The number of nitrogens with one attached hydrogen (secondary N) is 1. The van der Waals surface area contributed by atoms with E-state index in [0.717, 1.165) is 30.7 Å². The molecule has 18 heavy (non-hydrogen) atoms. The first-order chi connectivity index (χ1) is 8.67. The van der Waals surface area contributed by atoms with Gasteiger partial charge in [0.2, 0.25) is 0 Å². The van der Waals surface area contributed by atoms with Crippen molar-refractivity contribution in [3.8, 4) is 0 Å². The average Bonchev–Trinajstić information content (AvgIpc) is 2.78. The van der Waals surface area contributed by atoms with Gasteiger partial charge >= 0.3 is 5.97 Å². The molecule has 0 fully saturated rings.